The van der Waals surface area contributed by atoms with Crippen molar-refractivity contribution >= 4 is 11.6 Å². The van der Waals surface area contributed by atoms with E-state index in [-0.39, 0.29) is 0 Å². The Balaban J connectivity index is 2.21. The minimum Gasteiger partial charge on any atom is -0.231 e. The molecule has 2 rings (SSSR count). The van der Waals surface area contributed by atoms with Gasteiger partial charge in [0.15, 0.2) is 0 Å². The first-order valence-electron chi connectivity index (χ1n) is 3.93. The van der Waals surface area contributed by atoms with Gasteiger partial charge in [-0.05, 0) is 12.8 Å². The Labute approximate surface area is 70.3 Å². The zero-order valence-corrected chi connectivity index (χ0v) is 6.96. The predicted octanol–water partition coefficient (Wildman–Crippen LogP) is 2.05. The zero-order chi connectivity index (χ0) is 7.68. The van der Waals surface area contributed by atoms with E-state index in [0.29, 0.717) is 11.2 Å². The van der Waals surface area contributed by atoms with Gasteiger partial charge in [0, 0.05) is 0 Å². The molecular formula is C7H10ClN3. The van der Waals surface area contributed by atoms with E-state index in [0.717, 1.165) is 0 Å². The van der Waals surface area contributed by atoms with Gasteiger partial charge in [0.25, 0.3) is 0 Å². The number of halogens is 1. The van der Waals surface area contributed by atoms with Crippen LogP contribution in [0.25, 0.3) is 0 Å². The lowest BCUT2D eigenvalue weighted by atomic mass is 10.3. The minimum absolute atomic E-state index is 0.505. The molecule has 1 saturated carbocycles. The first-order valence-corrected chi connectivity index (χ1v) is 4.31. The highest BCUT2D eigenvalue weighted by Crippen LogP contribution is 2.30. The van der Waals surface area contributed by atoms with E-state index in [1.807, 2.05) is 4.68 Å². The molecule has 3 nitrogen and oxygen atoms in total. The second kappa shape index (κ2) is 2.81. The summed E-state index contributed by atoms with van der Waals surface area (Å²) in [6.45, 7) is 0. The second-order valence-electron chi connectivity index (χ2n) is 2.94. The van der Waals surface area contributed by atoms with Gasteiger partial charge in [-0.15, -0.1) is 5.10 Å². The Morgan fingerprint density at radius 1 is 1.45 bits per heavy atom. The minimum atomic E-state index is 0.505. The molecule has 0 atom stereocenters. The Hall–Kier alpha value is -0.570. The maximum absolute atomic E-state index is 5.86. The van der Waals surface area contributed by atoms with Crippen LogP contribution in [0, 0.1) is 0 Å². The molecule has 0 aromatic carbocycles. The molecule has 0 amide bonds. The molecule has 1 aromatic rings. The summed E-state index contributed by atoms with van der Waals surface area (Å²) in [6, 6.07) is 0.505. The van der Waals surface area contributed by atoms with Gasteiger partial charge in [0.1, 0.15) is 5.15 Å². The third-order valence-electron chi connectivity index (χ3n) is 2.20. The second-order valence-corrected chi connectivity index (χ2v) is 3.33. The van der Waals surface area contributed by atoms with Crippen molar-refractivity contribution in [1.29, 1.82) is 0 Å². The third kappa shape index (κ3) is 1.25. The highest BCUT2D eigenvalue weighted by atomic mass is 35.5. The average molecular weight is 172 g/mol. The molecule has 11 heavy (non-hydrogen) atoms. The molecule has 0 radical (unpaired) electrons. The van der Waals surface area contributed by atoms with E-state index < -0.39 is 0 Å². The van der Waals surface area contributed by atoms with E-state index in [2.05, 4.69) is 10.3 Å². The monoisotopic (exact) mass is 171 g/mol. The van der Waals surface area contributed by atoms with Crippen LogP contribution in [0.5, 0.6) is 0 Å². The Bertz CT molecular complexity index is 240. The van der Waals surface area contributed by atoms with E-state index in [4.69, 9.17) is 11.6 Å². The topological polar surface area (TPSA) is 30.7 Å². The fourth-order valence-electron chi connectivity index (χ4n) is 1.63. The lowest BCUT2D eigenvalue weighted by molar-refractivity contribution is 0.454. The van der Waals surface area contributed by atoms with Crippen molar-refractivity contribution < 1.29 is 0 Å². The maximum Gasteiger partial charge on any atom is 0.147 e. The molecule has 4 heteroatoms. The normalized spacial score (nSPS) is 19.4. The van der Waals surface area contributed by atoms with E-state index >= 15 is 0 Å². The molecule has 0 N–H and O–H groups in total. The fraction of sp³-hybridized carbons (Fsp3) is 0.714. The van der Waals surface area contributed by atoms with Crippen LogP contribution in [0.2, 0.25) is 5.15 Å². The first-order chi connectivity index (χ1) is 5.38. The van der Waals surface area contributed by atoms with Gasteiger partial charge < -0.3 is 0 Å². The van der Waals surface area contributed by atoms with Crippen molar-refractivity contribution in [3.63, 3.8) is 0 Å². The van der Waals surface area contributed by atoms with Crippen LogP contribution < -0.4 is 0 Å². The van der Waals surface area contributed by atoms with Crippen molar-refractivity contribution in [2.45, 2.75) is 31.7 Å². The van der Waals surface area contributed by atoms with Gasteiger partial charge >= 0.3 is 0 Å². The quantitative estimate of drug-likeness (QED) is 0.648. The smallest absolute Gasteiger partial charge is 0.147 e. The van der Waals surface area contributed by atoms with Crippen LogP contribution in [0.4, 0.5) is 0 Å². The van der Waals surface area contributed by atoms with Gasteiger partial charge in [0.05, 0.1) is 12.2 Å². The van der Waals surface area contributed by atoms with Gasteiger partial charge in [-0.1, -0.05) is 29.7 Å². The third-order valence-corrected chi connectivity index (χ3v) is 2.47. The molecule has 1 aromatic heterocycles. The van der Waals surface area contributed by atoms with Crippen molar-refractivity contribution in [3.8, 4) is 0 Å². The van der Waals surface area contributed by atoms with Gasteiger partial charge in [-0.25, -0.2) is 4.68 Å². The Morgan fingerprint density at radius 2 is 2.18 bits per heavy atom. The van der Waals surface area contributed by atoms with Crippen LogP contribution in [0.1, 0.15) is 31.7 Å². The summed E-state index contributed by atoms with van der Waals surface area (Å²) in [6.07, 6.45) is 6.58. The highest BCUT2D eigenvalue weighted by Gasteiger charge is 2.19. The van der Waals surface area contributed by atoms with Crippen LogP contribution in [-0.2, 0) is 0 Å². The lowest BCUT2D eigenvalue weighted by Crippen LogP contribution is -2.06. The standard InChI is InChI=1S/C7H10ClN3/c8-7-5-9-10-11(7)6-3-1-2-4-6/h5-6H,1-4H2. The van der Waals surface area contributed by atoms with Gasteiger partial charge in [-0.3, -0.25) is 0 Å². The van der Waals surface area contributed by atoms with E-state index in [1.54, 1.807) is 6.20 Å². The number of hydrogen-bond acceptors (Lipinski definition) is 2. The van der Waals surface area contributed by atoms with Crippen molar-refractivity contribution in [2.75, 3.05) is 0 Å². The summed E-state index contributed by atoms with van der Waals surface area (Å²) in [5.41, 5.74) is 0. The summed E-state index contributed by atoms with van der Waals surface area (Å²) >= 11 is 5.86. The van der Waals surface area contributed by atoms with Crippen molar-refractivity contribution in [2.24, 2.45) is 0 Å². The number of rotatable bonds is 1. The number of aromatic nitrogens is 3. The van der Waals surface area contributed by atoms with E-state index in [1.165, 1.54) is 25.7 Å². The van der Waals surface area contributed by atoms with Gasteiger partial charge in [-0.2, -0.15) is 0 Å². The molecule has 0 unspecified atom stereocenters. The summed E-state index contributed by atoms with van der Waals surface area (Å²) < 4.78 is 1.83. The Kier molecular flexibility index (Phi) is 1.82. The fourth-order valence-corrected chi connectivity index (χ4v) is 1.84. The molecule has 1 aliphatic carbocycles. The molecular weight excluding hydrogens is 162 g/mol. The summed E-state index contributed by atoms with van der Waals surface area (Å²) in [5, 5.41) is 8.34. The number of nitrogens with zero attached hydrogens (tertiary/aromatic N) is 3. The molecule has 0 bridgehead atoms. The largest absolute Gasteiger partial charge is 0.231 e. The molecule has 60 valence electrons. The molecule has 1 fully saturated rings. The van der Waals surface area contributed by atoms with Crippen LogP contribution >= 0.6 is 11.6 Å². The zero-order valence-electron chi connectivity index (χ0n) is 6.20. The Morgan fingerprint density at radius 3 is 2.73 bits per heavy atom. The van der Waals surface area contributed by atoms with Crippen molar-refractivity contribution in [3.05, 3.63) is 11.3 Å². The van der Waals surface area contributed by atoms with Crippen LogP contribution in [0.3, 0.4) is 0 Å². The first kappa shape index (κ1) is 7.10. The lowest BCUT2D eigenvalue weighted by Gasteiger charge is -2.08. The highest BCUT2D eigenvalue weighted by molar-refractivity contribution is 6.29. The van der Waals surface area contributed by atoms with Crippen molar-refractivity contribution in [1.82, 2.24) is 15.0 Å². The SMILES string of the molecule is Clc1cnnn1C1CCCC1. The predicted molar refractivity (Wildman–Crippen MR) is 42.5 cm³/mol. The van der Waals surface area contributed by atoms with Gasteiger partial charge in [0.2, 0.25) is 0 Å². The summed E-state index contributed by atoms with van der Waals surface area (Å²) in [5.74, 6) is 0. The maximum atomic E-state index is 5.86. The molecule has 1 heterocycles. The molecule has 0 saturated heterocycles. The van der Waals surface area contributed by atoms with Crippen LogP contribution in [-0.4, -0.2) is 15.0 Å². The summed E-state index contributed by atoms with van der Waals surface area (Å²) in [4.78, 5) is 0. The number of hydrogen-bond donors (Lipinski definition) is 0. The van der Waals surface area contributed by atoms with E-state index in [9.17, 15) is 0 Å². The summed E-state index contributed by atoms with van der Waals surface area (Å²) in [7, 11) is 0. The molecule has 0 aliphatic heterocycles. The van der Waals surface area contributed by atoms with Crippen LogP contribution in [0.15, 0.2) is 6.20 Å². The molecule has 0 spiro atoms. The molecule has 1 aliphatic rings. The average Bonchev–Trinajstić information content (AvgIpc) is 2.55.